The average molecular weight is 365 g/mol. The first-order valence-corrected chi connectivity index (χ1v) is 11.1. The predicted molar refractivity (Wildman–Crippen MR) is 107 cm³/mol. The van der Waals surface area contributed by atoms with E-state index < -0.39 is 0 Å². The van der Waals surface area contributed by atoms with Crippen LogP contribution in [0.1, 0.15) is 75.1 Å². The van der Waals surface area contributed by atoms with Gasteiger partial charge in [-0.25, -0.2) is 4.79 Å². The predicted octanol–water partition coefficient (Wildman–Crippen LogP) is 6.17. The average Bonchev–Trinajstić information content (AvgIpc) is 3.05. The summed E-state index contributed by atoms with van der Waals surface area (Å²) in [6.45, 7) is 2.42. The van der Waals surface area contributed by atoms with E-state index in [9.17, 15) is 4.79 Å². The maximum Gasteiger partial charge on any atom is 0.338 e. The summed E-state index contributed by atoms with van der Waals surface area (Å²) in [7, 11) is 0. The van der Waals surface area contributed by atoms with E-state index in [0.29, 0.717) is 5.56 Å². The van der Waals surface area contributed by atoms with Gasteiger partial charge in [0.05, 0.1) is 5.56 Å². The van der Waals surface area contributed by atoms with E-state index in [-0.39, 0.29) is 17.5 Å². The molecular formula is C25H32O2. The van der Waals surface area contributed by atoms with Gasteiger partial charge in [0, 0.05) is 5.41 Å². The molecule has 4 aliphatic carbocycles. The Morgan fingerprint density at radius 3 is 2.74 bits per heavy atom. The van der Waals surface area contributed by atoms with E-state index in [2.05, 4.69) is 13.0 Å². The van der Waals surface area contributed by atoms with Crippen molar-refractivity contribution in [1.29, 1.82) is 0 Å². The Labute approximate surface area is 163 Å². The summed E-state index contributed by atoms with van der Waals surface area (Å²) in [4.78, 5) is 12.7. The van der Waals surface area contributed by atoms with Crippen LogP contribution in [0.4, 0.5) is 0 Å². The zero-order valence-corrected chi connectivity index (χ0v) is 16.5. The van der Waals surface area contributed by atoms with Crippen molar-refractivity contribution in [3.05, 3.63) is 47.5 Å². The number of benzene rings is 1. The van der Waals surface area contributed by atoms with Gasteiger partial charge in [-0.2, -0.15) is 0 Å². The Hall–Kier alpha value is -1.57. The minimum atomic E-state index is -0.136. The van der Waals surface area contributed by atoms with Gasteiger partial charge in [-0.1, -0.05) is 43.2 Å². The SMILES string of the molecule is C[C@]12CC[C@H]3[C@@H](CC=C4CCCC[C@@H]43)[C@@H]1CC[C@@H]2OC(=O)c1ccccc1. The number of carbonyl (C=O) groups is 1. The van der Waals surface area contributed by atoms with Crippen molar-refractivity contribution in [2.45, 2.75) is 70.8 Å². The number of hydrogen-bond acceptors (Lipinski definition) is 2. The summed E-state index contributed by atoms with van der Waals surface area (Å²) >= 11 is 0. The second-order valence-corrected chi connectivity index (χ2v) is 9.68. The van der Waals surface area contributed by atoms with Crippen molar-refractivity contribution < 1.29 is 9.53 Å². The third-order valence-corrected chi connectivity index (χ3v) is 8.54. The van der Waals surface area contributed by atoms with Crippen molar-refractivity contribution in [3.8, 4) is 0 Å². The highest BCUT2D eigenvalue weighted by Gasteiger charge is 2.57. The van der Waals surface area contributed by atoms with Crippen LogP contribution in [-0.2, 0) is 4.74 Å². The van der Waals surface area contributed by atoms with Crippen molar-refractivity contribution in [2.24, 2.45) is 29.1 Å². The molecule has 6 atom stereocenters. The summed E-state index contributed by atoms with van der Waals surface area (Å²) in [5.74, 6) is 3.17. The molecule has 0 saturated heterocycles. The molecule has 27 heavy (non-hydrogen) atoms. The molecule has 2 heteroatoms. The fourth-order valence-electron chi connectivity index (χ4n) is 7.17. The van der Waals surface area contributed by atoms with Crippen LogP contribution in [0.3, 0.4) is 0 Å². The third-order valence-electron chi connectivity index (χ3n) is 8.54. The summed E-state index contributed by atoms with van der Waals surface area (Å²) in [5, 5.41) is 0. The molecule has 3 saturated carbocycles. The second-order valence-electron chi connectivity index (χ2n) is 9.68. The van der Waals surface area contributed by atoms with Gasteiger partial charge in [-0.15, -0.1) is 0 Å². The fraction of sp³-hybridized carbons (Fsp3) is 0.640. The van der Waals surface area contributed by atoms with E-state index in [1.165, 1.54) is 51.4 Å². The van der Waals surface area contributed by atoms with Crippen LogP contribution in [0.25, 0.3) is 0 Å². The van der Waals surface area contributed by atoms with Gasteiger partial charge < -0.3 is 4.74 Å². The number of fused-ring (bicyclic) bond motifs is 5. The number of hydrogen-bond donors (Lipinski definition) is 0. The molecule has 0 N–H and O–H groups in total. The zero-order valence-electron chi connectivity index (χ0n) is 16.5. The maximum absolute atomic E-state index is 12.7. The van der Waals surface area contributed by atoms with Crippen LogP contribution in [0.15, 0.2) is 42.0 Å². The van der Waals surface area contributed by atoms with Crippen LogP contribution in [0.5, 0.6) is 0 Å². The third kappa shape index (κ3) is 2.87. The van der Waals surface area contributed by atoms with Crippen molar-refractivity contribution in [1.82, 2.24) is 0 Å². The number of esters is 1. The normalized spacial score (nSPS) is 40.3. The summed E-state index contributed by atoms with van der Waals surface area (Å²) in [6.07, 6.45) is 14.4. The first-order valence-electron chi connectivity index (χ1n) is 11.1. The first kappa shape index (κ1) is 17.5. The lowest BCUT2D eigenvalue weighted by atomic mass is 9.53. The molecule has 2 nitrogen and oxygen atoms in total. The van der Waals surface area contributed by atoms with Crippen molar-refractivity contribution in [3.63, 3.8) is 0 Å². The van der Waals surface area contributed by atoms with Crippen LogP contribution in [0.2, 0.25) is 0 Å². The number of allylic oxidation sites excluding steroid dienone is 2. The van der Waals surface area contributed by atoms with Crippen molar-refractivity contribution in [2.75, 3.05) is 0 Å². The van der Waals surface area contributed by atoms with Gasteiger partial charge in [-0.05, 0) is 87.2 Å². The second kappa shape index (κ2) is 6.79. The van der Waals surface area contributed by atoms with Crippen LogP contribution in [-0.4, -0.2) is 12.1 Å². The molecule has 0 spiro atoms. The van der Waals surface area contributed by atoms with E-state index in [4.69, 9.17) is 4.74 Å². The monoisotopic (exact) mass is 364 g/mol. The first-order chi connectivity index (χ1) is 13.2. The van der Waals surface area contributed by atoms with Gasteiger partial charge >= 0.3 is 5.97 Å². The van der Waals surface area contributed by atoms with E-state index in [1.54, 1.807) is 5.57 Å². The minimum absolute atomic E-state index is 0.0906. The quantitative estimate of drug-likeness (QED) is 0.463. The molecule has 1 aromatic rings. The van der Waals surface area contributed by atoms with Gasteiger partial charge in [0.1, 0.15) is 6.10 Å². The lowest BCUT2D eigenvalue weighted by molar-refractivity contribution is -0.0594. The fourth-order valence-corrected chi connectivity index (χ4v) is 7.17. The Kier molecular flexibility index (Phi) is 4.41. The molecule has 0 aliphatic heterocycles. The van der Waals surface area contributed by atoms with Gasteiger partial charge in [0.2, 0.25) is 0 Å². The highest BCUT2D eigenvalue weighted by Crippen LogP contribution is 2.62. The Morgan fingerprint density at radius 2 is 1.89 bits per heavy atom. The lowest BCUT2D eigenvalue weighted by Crippen LogP contribution is -2.47. The maximum atomic E-state index is 12.7. The topological polar surface area (TPSA) is 26.3 Å². The van der Waals surface area contributed by atoms with E-state index in [1.807, 2.05) is 30.3 Å². The van der Waals surface area contributed by atoms with Gasteiger partial charge in [0.25, 0.3) is 0 Å². The molecule has 0 amide bonds. The summed E-state index contributed by atoms with van der Waals surface area (Å²) in [5.41, 5.74) is 2.65. The molecule has 0 heterocycles. The smallest absolute Gasteiger partial charge is 0.338 e. The summed E-state index contributed by atoms with van der Waals surface area (Å²) < 4.78 is 6.10. The Balaban J connectivity index is 1.34. The summed E-state index contributed by atoms with van der Waals surface area (Å²) in [6, 6.07) is 9.50. The van der Waals surface area contributed by atoms with E-state index in [0.717, 1.165) is 30.1 Å². The lowest BCUT2D eigenvalue weighted by Gasteiger charge is -2.53. The molecule has 144 valence electrons. The number of carbonyl (C=O) groups excluding carboxylic acids is 1. The molecule has 0 aromatic heterocycles. The van der Waals surface area contributed by atoms with Crippen LogP contribution >= 0.6 is 0 Å². The molecule has 1 aromatic carbocycles. The minimum Gasteiger partial charge on any atom is -0.458 e. The number of rotatable bonds is 2. The van der Waals surface area contributed by atoms with Crippen LogP contribution < -0.4 is 0 Å². The zero-order chi connectivity index (χ0) is 18.4. The molecule has 0 radical (unpaired) electrons. The highest BCUT2D eigenvalue weighted by molar-refractivity contribution is 5.89. The molecule has 0 unspecified atom stereocenters. The molecule has 0 bridgehead atoms. The van der Waals surface area contributed by atoms with Gasteiger partial charge in [-0.3, -0.25) is 0 Å². The Bertz CT molecular complexity index is 736. The molecule has 4 aliphatic rings. The van der Waals surface area contributed by atoms with E-state index >= 15 is 0 Å². The standard InChI is InChI=1S/C25H32O2/c1-25-16-15-20-19-10-6-5-7-17(19)11-12-21(20)22(25)13-14-23(25)27-24(26)18-8-3-2-4-9-18/h2-4,8-9,11,19-23H,5-7,10,12-16H2,1H3/t19-,20+,21+,22-,23-,25-/m0/s1. The molecule has 5 rings (SSSR count). The molecular weight excluding hydrogens is 332 g/mol. The highest BCUT2D eigenvalue weighted by atomic mass is 16.5. The van der Waals surface area contributed by atoms with Crippen LogP contribution in [0, 0.1) is 29.1 Å². The number of ether oxygens (including phenoxy) is 1. The van der Waals surface area contributed by atoms with Gasteiger partial charge in [0.15, 0.2) is 0 Å². The Morgan fingerprint density at radius 1 is 1.04 bits per heavy atom. The molecule has 3 fully saturated rings. The van der Waals surface area contributed by atoms with Crippen molar-refractivity contribution >= 4 is 5.97 Å². The largest absolute Gasteiger partial charge is 0.458 e.